The normalized spacial score (nSPS) is 13.8. The monoisotopic (exact) mass is 281 g/mol. The quantitative estimate of drug-likeness (QED) is 0.842. The van der Waals surface area contributed by atoms with Gasteiger partial charge in [0.15, 0.2) is 0 Å². The highest BCUT2D eigenvalue weighted by Crippen LogP contribution is 2.19. The van der Waals surface area contributed by atoms with Crippen LogP contribution in [0.15, 0.2) is 24.3 Å². The molecular formula is C15H20FNO3. The number of carboxylic acids is 1. The van der Waals surface area contributed by atoms with Gasteiger partial charge in [0.25, 0.3) is 0 Å². The Morgan fingerprint density at radius 1 is 1.30 bits per heavy atom. The molecule has 0 aliphatic carbocycles. The minimum atomic E-state index is -1.05. The first-order valence-corrected chi connectivity index (χ1v) is 6.59. The Kier molecular flexibility index (Phi) is 5.67. The molecule has 0 saturated carbocycles. The summed E-state index contributed by atoms with van der Waals surface area (Å²) in [6.07, 6.45) is 0.125. The Hall–Kier alpha value is -1.91. The van der Waals surface area contributed by atoms with Gasteiger partial charge in [0.2, 0.25) is 5.91 Å². The van der Waals surface area contributed by atoms with Crippen LogP contribution in [0, 0.1) is 11.7 Å². The third-order valence-corrected chi connectivity index (χ3v) is 3.16. The van der Waals surface area contributed by atoms with Crippen molar-refractivity contribution in [2.45, 2.75) is 39.2 Å². The molecule has 4 nitrogen and oxygen atoms in total. The summed E-state index contributed by atoms with van der Waals surface area (Å²) in [5.74, 6) is -2.11. The van der Waals surface area contributed by atoms with Gasteiger partial charge in [-0.3, -0.25) is 4.79 Å². The predicted octanol–water partition coefficient (Wildman–Crippen LogP) is 2.54. The van der Waals surface area contributed by atoms with Gasteiger partial charge in [-0.25, -0.2) is 9.18 Å². The fourth-order valence-corrected chi connectivity index (χ4v) is 1.95. The second-order valence-electron chi connectivity index (χ2n) is 5.29. The van der Waals surface area contributed by atoms with E-state index in [1.165, 1.54) is 12.1 Å². The largest absolute Gasteiger partial charge is 0.480 e. The molecule has 110 valence electrons. The molecule has 5 heteroatoms. The van der Waals surface area contributed by atoms with Crippen molar-refractivity contribution in [2.75, 3.05) is 0 Å². The molecular weight excluding hydrogens is 261 g/mol. The van der Waals surface area contributed by atoms with Gasteiger partial charge in [-0.15, -0.1) is 0 Å². The Morgan fingerprint density at radius 3 is 2.45 bits per heavy atom. The molecule has 0 fully saturated rings. The van der Waals surface area contributed by atoms with Crippen LogP contribution in [-0.2, 0) is 9.59 Å². The molecule has 20 heavy (non-hydrogen) atoms. The Labute approximate surface area is 118 Å². The van der Waals surface area contributed by atoms with Crippen LogP contribution in [-0.4, -0.2) is 23.0 Å². The number of hydrogen-bond donors (Lipinski definition) is 2. The molecule has 0 radical (unpaired) electrons. The average Bonchev–Trinajstić information content (AvgIpc) is 2.35. The lowest BCUT2D eigenvalue weighted by atomic mass is 9.96. The summed E-state index contributed by atoms with van der Waals surface area (Å²) in [7, 11) is 0. The van der Waals surface area contributed by atoms with E-state index in [0.29, 0.717) is 0 Å². The van der Waals surface area contributed by atoms with Crippen molar-refractivity contribution in [1.29, 1.82) is 0 Å². The van der Waals surface area contributed by atoms with Crippen molar-refractivity contribution in [2.24, 2.45) is 5.92 Å². The number of nitrogens with one attached hydrogen (secondary N) is 1. The first-order valence-electron chi connectivity index (χ1n) is 6.59. The number of amides is 1. The summed E-state index contributed by atoms with van der Waals surface area (Å²) in [6, 6.07) is 5.16. The second-order valence-corrected chi connectivity index (χ2v) is 5.29. The molecule has 0 bridgehead atoms. The van der Waals surface area contributed by atoms with Crippen LogP contribution in [0.4, 0.5) is 4.39 Å². The van der Waals surface area contributed by atoms with Gasteiger partial charge in [0.05, 0.1) is 0 Å². The molecule has 0 unspecified atom stereocenters. The molecule has 1 rings (SSSR count). The summed E-state index contributed by atoms with van der Waals surface area (Å²) in [6.45, 7) is 5.27. The predicted molar refractivity (Wildman–Crippen MR) is 73.8 cm³/mol. The van der Waals surface area contributed by atoms with Gasteiger partial charge in [-0.05, 0) is 29.5 Å². The topological polar surface area (TPSA) is 66.4 Å². The molecule has 0 heterocycles. The van der Waals surface area contributed by atoms with Crippen LogP contribution in [0.5, 0.6) is 0 Å². The number of aliphatic carboxylic acids is 1. The van der Waals surface area contributed by atoms with E-state index in [1.807, 2.05) is 0 Å². The lowest BCUT2D eigenvalue weighted by Crippen LogP contribution is -2.44. The van der Waals surface area contributed by atoms with E-state index in [-0.39, 0.29) is 30.0 Å². The zero-order valence-electron chi connectivity index (χ0n) is 11.9. The molecule has 1 amide bonds. The molecule has 0 aliphatic rings. The molecule has 2 atom stereocenters. The van der Waals surface area contributed by atoms with Crippen LogP contribution in [0.3, 0.4) is 0 Å². The number of carbonyl (C=O) groups excluding carboxylic acids is 1. The maximum absolute atomic E-state index is 13.1. The van der Waals surface area contributed by atoms with Crippen molar-refractivity contribution in [3.05, 3.63) is 35.6 Å². The van der Waals surface area contributed by atoms with Crippen molar-refractivity contribution < 1.29 is 19.1 Å². The third kappa shape index (κ3) is 4.64. The molecule has 0 spiro atoms. The van der Waals surface area contributed by atoms with E-state index in [1.54, 1.807) is 32.9 Å². The van der Waals surface area contributed by atoms with Crippen LogP contribution < -0.4 is 5.32 Å². The van der Waals surface area contributed by atoms with Crippen LogP contribution in [0.1, 0.15) is 38.7 Å². The summed E-state index contributed by atoms with van der Waals surface area (Å²) in [4.78, 5) is 22.9. The van der Waals surface area contributed by atoms with Crippen LogP contribution in [0.25, 0.3) is 0 Å². The van der Waals surface area contributed by atoms with Gasteiger partial charge in [-0.2, -0.15) is 0 Å². The maximum atomic E-state index is 13.1. The first kappa shape index (κ1) is 16.1. The third-order valence-electron chi connectivity index (χ3n) is 3.16. The van der Waals surface area contributed by atoms with Crippen molar-refractivity contribution in [3.8, 4) is 0 Å². The summed E-state index contributed by atoms with van der Waals surface area (Å²) >= 11 is 0. The van der Waals surface area contributed by atoms with Crippen molar-refractivity contribution in [3.63, 3.8) is 0 Å². The molecule has 0 aliphatic heterocycles. The number of carboxylic acid groups (broad SMARTS) is 1. The van der Waals surface area contributed by atoms with E-state index in [2.05, 4.69) is 5.32 Å². The van der Waals surface area contributed by atoms with Gasteiger partial charge in [0, 0.05) is 6.42 Å². The van der Waals surface area contributed by atoms with Gasteiger partial charge >= 0.3 is 5.97 Å². The maximum Gasteiger partial charge on any atom is 0.326 e. The Balaban J connectivity index is 2.64. The fourth-order valence-electron chi connectivity index (χ4n) is 1.95. The number of benzene rings is 1. The smallest absolute Gasteiger partial charge is 0.326 e. The van der Waals surface area contributed by atoms with Crippen molar-refractivity contribution >= 4 is 11.9 Å². The van der Waals surface area contributed by atoms with Crippen molar-refractivity contribution in [1.82, 2.24) is 5.32 Å². The molecule has 1 aromatic carbocycles. The average molecular weight is 281 g/mol. The number of rotatable bonds is 6. The van der Waals surface area contributed by atoms with E-state index >= 15 is 0 Å². The standard InChI is InChI=1S/C15H20FNO3/c1-9(2)14(15(19)20)17-13(18)7-10(3)11-5-4-6-12(16)8-11/h4-6,8-10,14H,7H2,1-3H3,(H,17,18)(H,19,20)/t10-,14-/m0/s1. The van der Waals surface area contributed by atoms with E-state index in [0.717, 1.165) is 5.56 Å². The summed E-state index contributed by atoms with van der Waals surface area (Å²) in [5, 5.41) is 11.5. The SMILES string of the molecule is CC(C)[C@H](NC(=O)C[C@H](C)c1cccc(F)c1)C(=O)O. The fraction of sp³-hybridized carbons (Fsp3) is 0.467. The Morgan fingerprint density at radius 2 is 1.95 bits per heavy atom. The lowest BCUT2D eigenvalue weighted by molar-refractivity contribution is -0.143. The van der Waals surface area contributed by atoms with Gasteiger partial charge in [0.1, 0.15) is 11.9 Å². The van der Waals surface area contributed by atoms with E-state index in [4.69, 9.17) is 5.11 Å². The minimum Gasteiger partial charge on any atom is -0.480 e. The second kappa shape index (κ2) is 7.03. The molecule has 0 aromatic heterocycles. The van der Waals surface area contributed by atoms with E-state index in [9.17, 15) is 14.0 Å². The highest BCUT2D eigenvalue weighted by atomic mass is 19.1. The number of hydrogen-bond acceptors (Lipinski definition) is 2. The zero-order chi connectivity index (χ0) is 15.3. The van der Waals surface area contributed by atoms with Gasteiger partial charge < -0.3 is 10.4 Å². The summed E-state index contributed by atoms with van der Waals surface area (Å²) < 4.78 is 13.1. The number of carbonyl (C=O) groups is 2. The van der Waals surface area contributed by atoms with Gasteiger partial charge in [-0.1, -0.05) is 32.9 Å². The molecule has 2 N–H and O–H groups in total. The lowest BCUT2D eigenvalue weighted by Gasteiger charge is -2.19. The first-order chi connectivity index (χ1) is 9.31. The van der Waals surface area contributed by atoms with E-state index < -0.39 is 12.0 Å². The zero-order valence-corrected chi connectivity index (χ0v) is 11.9. The van der Waals surface area contributed by atoms with Crippen LogP contribution >= 0.6 is 0 Å². The van der Waals surface area contributed by atoms with Crippen LogP contribution in [0.2, 0.25) is 0 Å². The number of halogens is 1. The minimum absolute atomic E-state index is 0.125. The Bertz CT molecular complexity index is 488. The summed E-state index contributed by atoms with van der Waals surface area (Å²) in [5.41, 5.74) is 0.719. The molecule has 1 aromatic rings. The molecule has 0 saturated heterocycles. The highest BCUT2D eigenvalue weighted by Gasteiger charge is 2.24. The highest BCUT2D eigenvalue weighted by molar-refractivity contribution is 5.84.